The average molecular weight is 299 g/mol. The van der Waals surface area contributed by atoms with Crippen LogP contribution in [0, 0.1) is 6.92 Å². The van der Waals surface area contributed by atoms with Crippen LogP contribution in [0.5, 0.6) is 5.75 Å². The van der Waals surface area contributed by atoms with E-state index in [-0.39, 0.29) is 0 Å². The lowest BCUT2D eigenvalue weighted by atomic mass is 10.0. The van der Waals surface area contributed by atoms with Crippen molar-refractivity contribution in [1.82, 2.24) is 14.7 Å². The molecule has 1 unspecified atom stereocenters. The maximum atomic E-state index is 5.54. The second-order valence-electron chi connectivity index (χ2n) is 6.03. The van der Waals surface area contributed by atoms with Crippen molar-refractivity contribution in [2.24, 2.45) is 7.05 Å². The molecule has 1 aromatic heterocycles. The first-order chi connectivity index (χ1) is 10.7. The van der Waals surface area contributed by atoms with Crippen LogP contribution in [0.3, 0.4) is 0 Å². The summed E-state index contributed by atoms with van der Waals surface area (Å²) >= 11 is 0. The van der Waals surface area contributed by atoms with Crippen LogP contribution in [0.2, 0.25) is 0 Å². The Hall–Kier alpha value is -1.81. The van der Waals surface area contributed by atoms with E-state index < -0.39 is 0 Å². The summed E-state index contributed by atoms with van der Waals surface area (Å²) in [4.78, 5) is 2.56. The minimum Gasteiger partial charge on any atom is -0.494 e. The van der Waals surface area contributed by atoms with Crippen LogP contribution in [-0.4, -0.2) is 27.8 Å². The Balaban J connectivity index is 1.73. The first kappa shape index (κ1) is 15.1. The summed E-state index contributed by atoms with van der Waals surface area (Å²) in [6.45, 7) is 6.91. The van der Waals surface area contributed by atoms with Crippen molar-refractivity contribution in [1.29, 1.82) is 0 Å². The van der Waals surface area contributed by atoms with Gasteiger partial charge >= 0.3 is 0 Å². The fourth-order valence-corrected chi connectivity index (χ4v) is 3.37. The summed E-state index contributed by atoms with van der Waals surface area (Å²) in [5.74, 6) is 0.957. The normalized spacial score (nSPS) is 18.8. The second kappa shape index (κ2) is 6.53. The van der Waals surface area contributed by atoms with Crippen LogP contribution in [0.15, 0.2) is 30.3 Å². The molecule has 4 nitrogen and oxygen atoms in total. The topological polar surface area (TPSA) is 30.3 Å². The number of aryl methyl sites for hydroxylation is 2. The van der Waals surface area contributed by atoms with Gasteiger partial charge in [0.2, 0.25) is 0 Å². The van der Waals surface area contributed by atoms with E-state index >= 15 is 0 Å². The van der Waals surface area contributed by atoms with E-state index in [2.05, 4.69) is 47.3 Å². The van der Waals surface area contributed by atoms with Crippen molar-refractivity contribution in [3.8, 4) is 5.75 Å². The highest BCUT2D eigenvalue weighted by Crippen LogP contribution is 2.33. The summed E-state index contributed by atoms with van der Waals surface area (Å²) in [7, 11) is 2.03. The minimum atomic E-state index is 0.505. The quantitative estimate of drug-likeness (QED) is 0.847. The fraction of sp³-hybridized carbons (Fsp3) is 0.500. The molecule has 1 saturated heterocycles. The molecule has 0 amide bonds. The van der Waals surface area contributed by atoms with Gasteiger partial charge in [0.1, 0.15) is 5.75 Å². The van der Waals surface area contributed by atoms with E-state index in [1.165, 1.54) is 24.1 Å². The zero-order chi connectivity index (χ0) is 15.5. The van der Waals surface area contributed by atoms with Gasteiger partial charge in [0.25, 0.3) is 0 Å². The van der Waals surface area contributed by atoms with Crippen LogP contribution in [-0.2, 0) is 13.6 Å². The van der Waals surface area contributed by atoms with Gasteiger partial charge in [-0.2, -0.15) is 5.10 Å². The Morgan fingerprint density at radius 2 is 2.05 bits per heavy atom. The van der Waals surface area contributed by atoms with Gasteiger partial charge in [0.05, 0.1) is 18.0 Å². The Bertz CT molecular complexity index is 618. The minimum absolute atomic E-state index is 0.505. The number of nitrogens with zero attached hydrogens (tertiary/aromatic N) is 3. The average Bonchev–Trinajstić information content (AvgIpc) is 3.07. The third-order valence-electron chi connectivity index (χ3n) is 4.40. The molecule has 1 fully saturated rings. The first-order valence-electron chi connectivity index (χ1n) is 8.13. The van der Waals surface area contributed by atoms with E-state index in [4.69, 9.17) is 4.74 Å². The zero-order valence-electron chi connectivity index (χ0n) is 13.7. The molecule has 1 aromatic carbocycles. The summed E-state index contributed by atoms with van der Waals surface area (Å²) < 4.78 is 7.54. The van der Waals surface area contributed by atoms with Crippen molar-refractivity contribution < 1.29 is 4.74 Å². The fourth-order valence-electron chi connectivity index (χ4n) is 3.37. The number of ether oxygens (including phenoxy) is 1. The summed E-state index contributed by atoms with van der Waals surface area (Å²) in [6, 6.07) is 11.3. The molecule has 0 saturated carbocycles. The van der Waals surface area contributed by atoms with Gasteiger partial charge < -0.3 is 4.74 Å². The van der Waals surface area contributed by atoms with E-state index in [0.29, 0.717) is 6.04 Å². The molecule has 4 heteroatoms. The molecular weight excluding hydrogens is 274 g/mol. The van der Waals surface area contributed by atoms with Gasteiger partial charge in [-0.25, -0.2) is 0 Å². The number of benzene rings is 1. The molecule has 2 aromatic rings. The van der Waals surface area contributed by atoms with Crippen LogP contribution in [0.1, 0.15) is 42.8 Å². The molecule has 1 aliphatic heterocycles. The molecule has 1 aliphatic rings. The molecule has 118 valence electrons. The highest BCUT2D eigenvalue weighted by Gasteiger charge is 2.26. The highest BCUT2D eigenvalue weighted by molar-refractivity contribution is 5.29. The third-order valence-corrected chi connectivity index (χ3v) is 4.40. The smallest absolute Gasteiger partial charge is 0.119 e. The van der Waals surface area contributed by atoms with Gasteiger partial charge in [0.15, 0.2) is 0 Å². The molecular formula is C18H25N3O. The van der Waals surface area contributed by atoms with E-state index in [1.54, 1.807) is 0 Å². The lowest BCUT2D eigenvalue weighted by molar-refractivity contribution is 0.242. The predicted molar refractivity (Wildman–Crippen MR) is 87.9 cm³/mol. The summed E-state index contributed by atoms with van der Waals surface area (Å²) in [5.41, 5.74) is 3.77. The van der Waals surface area contributed by atoms with E-state index in [1.807, 2.05) is 18.7 Å². The Labute approximate surface area is 132 Å². The van der Waals surface area contributed by atoms with Crippen molar-refractivity contribution in [2.45, 2.75) is 39.3 Å². The number of hydrogen-bond acceptors (Lipinski definition) is 3. The SMILES string of the molecule is CCOc1ccc(C2CCCN2Cc2cc(C)nn2C)cc1. The van der Waals surface area contributed by atoms with Gasteiger partial charge in [-0.1, -0.05) is 12.1 Å². The highest BCUT2D eigenvalue weighted by atomic mass is 16.5. The molecule has 3 rings (SSSR count). The molecule has 1 atom stereocenters. The maximum Gasteiger partial charge on any atom is 0.119 e. The van der Waals surface area contributed by atoms with Crippen LogP contribution < -0.4 is 4.74 Å². The predicted octanol–water partition coefficient (Wildman–Crippen LogP) is 3.46. The van der Waals surface area contributed by atoms with Crippen LogP contribution >= 0.6 is 0 Å². The summed E-state index contributed by atoms with van der Waals surface area (Å²) in [5, 5.41) is 4.46. The van der Waals surface area contributed by atoms with Crippen LogP contribution in [0.25, 0.3) is 0 Å². The molecule has 0 spiro atoms. The second-order valence-corrected chi connectivity index (χ2v) is 6.03. The molecule has 0 aliphatic carbocycles. The largest absolute Gasteiger partial charge is 0.494 e. The van der Waals surface area contributed by atoms with Gasteiger partial charge in [-0.05, 0) is 57.0 Å². The van der Waals surface area contributed by atoms with Crippen molar-refractivity contribution in [3.05, 3.63) is 47.3 Å². The van der Waals surface area contributed by atoms with Crippen molar-refractivity contribution in [3.63, 3.8) is 0 Å². The van der Waals surface area contributed by atoms with Crippen molar-refractivity contribution in [2.75, 3.05) is 13.2 Å². The Morgan fingerprint density at radius 3 is 2.68 bits per heavy atom. The number of aromatic nitrogens is 2. The molecule has 0 bridgehead atoms. The van der Waals surface area contributed by atoms with Gasteiger partial charge in [0, 0.05) is 19.6 Å². The van der Waals surface area contributed by atoms with Gasteiger partial charge in [-0.3, -0.25) is 9.58 Å². The lowest BCUT2D eigenvalue weighted by Crippen LogP contribution is -2.24. The first-order valence-corrected chi connectivity index (χ1v) is 8.13. The van der Waals surface area contributed by atoms with Crippen molar-refractivity contribution >= 4 is 0 Å². The monoisotopic (exact) mass is 299 g/mol. The van der Waals surface area contributed by atoms with Gasteiger partial charge in [-0.15, -0.1) is 0 Å². The lowest BCUT2D eigenvalue weighted by Gasteiger charge is -2.25. The van der Waals surface area contributed by atoms with Crippen LogP contribution in [0.4, 0.5) is 0 Å². The Kier molecular flexibility index (Phi) is 4.48. The molecule has 22 heavy (non-hydrogen) atoms. The standard InChI is InChI=1S/C18H25N3O/c1-4-22-17-9-7-15(8-10-17)18-6-5-11-21(18)13-16-12-14(2)19-20(16)3/h7-10,12,18H,4-6,11,13H2,1-3H3. The number of likely N-dealkylation sites (tertiary alicyclic amines) is 1. The van der Waals surface area contributed by atoms with E-state index in [9.17, 15) is 0 Å². The molecule has 0 N–H and O–H groups in total. The zero-order valence-corrected chi connectivity index (χ0v) is 13.7. The molecule has 0 radical (unpaired) electrons. The number of hydrogen-bond donors (Lipinski definition) is 0. The molecule has 2 heterocycles. The Morgan fingerprint density at radius 1 is 1.27 bits per heavy atom. The third kappa shape index (κ3) is 3.17. The number of rotatable bonds is 5. The van der Waals surface area contributed by atoms with E-state index in [0.717, 1.165) is 31.1 Å². The summed E-state index contributed by atoms with van der Waals surface area (Å²) in [6.07, 6.45) is 2.49. The maximum absolute atomic E-state index is 5.54.